The fourth-order valence-electron chi connectivity index (χ4n) is 1.29. The van der Waals surface area contributed by atoms with E-state index >= 15 is 0 Å². The van der Waals surface area contributed by atoms with Gasteiger partial charge in [-0.15, -0.1) is 12.1 Å². The molecule has 0 heterocycles. The van der Waals surface area contributed by atoms with Crippen LogP contribution in [0.5, 0.6) is 5.75 Å². The van der Waals surface area contributed by atoms with Crippen LogP contribution in [-0.2, 0) is 0 Å². The number of ether oxygens (including phenoxy) is 1. The molecule has 0 amide bonds. The van der Waals surface area contributed by atoms with E-state index in [1.165, 1.54) is 0 Å². The smallest absolute Gasteiger partial charge is 0.492 e. The van der Waals surface area contributed by atoms with Gasteiger partial charge in [0.1, 0.15) is 5.75 Å². The van der Waals surface area contributed by atoms with E-state index in [9.17, 15) is 12.9 Å². The minimum Gasteiger partial charge on any atom is -0.492 e. The third-order valence-electron chi connectivity index (χ3n) is 2.27. The van der Waals surface area contributed by atoms with Gasteiger partial charge in [0.15, 0.2) is 0 Å². The Bertz CT molecular complexity index is 384. The summed E-state index contributed by atoms with van der Waals surface area (Å²) in [6.45, 7) is 1.05. The molecule has 0 unspecified atom stereocenters. The Morgan fingerprint density at radius 3 is 2.12 bits per heavy atom. The molecule has 0 saturated carbocycles. The summed E-state index contributed by atoms with van der Waals surface area (Å²) in [5.41, 5.74) is 0.826. The molecule has 0 radical (unpaired) electrons. The predicted molar refractivity (Wildman–Crippen MR) is 59.6 cm³/mol. The summed E-state index contributed by atoms with van der Waals surface area (Å²) >= 11 is 0. The first-order valence-electron chi connectivity index (χ1n) is 4.89. The van der Waals surface area contributed by atoms with Crippen LogP contribution in [0.3, 0.4) is 0 Å². The maximum atomic E-state index is 12.2. The van der Waals surface area contributed by atoms with Gasteiger partial charge >= 0.3 is 58.4 Å². The third kappa shape index (κ3) is 5.18. The van der Waals surface area contributed by atoms with Gasteiger partial charge in [0, 0.05) is 0 Å². The van der Waals surface area contributed by atoms with Crippen molar-refractivity contribution in [1.82, 2.24) is 0 Å². The van der Waals surface area contributed by atoms with Crippen LogP contribution in [0.4, 0.5) is 12.9 Å². The number of rotatable bonds is 4. The molecule has 17 heavy (non-hydrogen) atoms. The summed E-state index contributed by atoms with van der Waals surface area (Å²) in [6, 6.07) is 5.42. The van der Waals surface area contributed by atoms with Gasteiger partial charge in [0.25, 0.3) is 0 Å². The van der Waals surface area contributed by atoms with E-state index in [-0.39, 0.29) is 51.4 Å². The fraction of sp³-hybridized carbons (Fsp3) is 0.273. The molecule has 88 valence electrons. The molecule has 0 aliphatic carbocycles. The van der Waals surface area contributed by atoms with Crippen molar-refractivity contribution in [1.29, 1.82) is 0 Å². The first kappa shape index (κ1) is 17.3. The van der Waals surface area contributed by atoms with E-state index in [1.54, 1.807) is 26.0 Å². The molecular weight excluding hydrogens is 255 g/mol. The van der Waals surface area contributed by atoms with Gasteiger partial charge in [0.2, 0.25) is 0 Å². The molecule has 0 atom stereocenters. The monoisotopic (exact) mass is 268 g/mol. The van der Waals surface area contributed by atoms with Crippen molar-refractivity contribution in [3.8, 4) is 5.75 Å². The van der Waals surface area contributed by atoms with Crippen LogP contribution in [0.25, 0.3) is 0 Å². The molecule has 1 nitrogen and oxygen atoms in total. The van der Waals surface area contributed by atoms with Gasteiger partial charge in [-0.1, -0.05) is 18.2 Å². The second-order valence-electron chi connectivity index (χ2n) is 3.74. The maximum Gasteiger partial charge on any atom is 1.00 e. The summed E-state index contributed by atoms with van der Waals surface area (Å²) in [5, 5.41) is 0. The van der Waals surface area contributed by atoms with Crippen LogP contribution in [0.1, 0.15) is 11.1 Å². The molecule has 1 rings (SSSR count). The van der Waals surface area contributed by atoms with E-state index in [4.69, 9.17) is 4.74 Å². The second-order valence-corrected chi connectivity index (χ2v) is 3.74. The quantitative estimate of drug-likeness (QED) is 0.728. The number of para-hydroxylation sites is 1. The average Bonchev–Trinajstić information content (AvgIpc) is 2.15. The first-order valence-corrected chi connectivity index (χ1v) is 4.89. The minimum absolute atomic E-state index is 0. The van der Waals surface area contributed by atoms with Crippen LogP contribution < -0.4 is 56.1 Å². The van der Waals surface area contributed by atoms with Crippen molar-refractivity contribution in [3.63, 3.8) is 0 Å². The molecule has 0 bridgehead atoms. The zero-order valence-electron chi connectivity index (χ0n) is 10.3. The number of hydrogen-bond acceptors (Lipinski definition) is 1. The number of hydrogen-bond donors (Lipinski definition) is 0. The number of aryl methyl sites for hydroxylation is 2. The second kappa shape index (κ2) is 6.99. The molecule has 1 aromatic carbocycles. The van der Waals surface area contributed by atoms with E-state index in [2.05, 4.69) is 6.58 Å². The van der Waals surface area contributed by atoms with Crippen LogP contribution in [0.15, 0.2) is 30.3 Å². The van der Waals surface area contributed by atoms with Gasteiger partial charge in [-0.25, -0.2) is 0 Å². The molecule has 1 aromatic rings. The molecule has 0 saturated heterocycles. The molecule has 0 fully saturated rings. The van der Waals surface area contributed by atoms with Gasteiger partial charge in [0.05, 0.1) is 6.61 Å². The van der Waals surface area contributed by atoms with E-state index in [0.29, 0.717) is 5.75 Å². The molecule has 6 heteroatoms. The average molecular weight is 268 g/mol. The van der Waals surface area contributed by atoms with Gasteiger partial charge in [-0.2, -0.15) is 0 Å². The van der Waals surface area contributed by atoms with Crippen LogP contribution in [-0.4, -0.2) is 13.6 Å². The van der Waals surface area contributed by atoms with Crippen LogP contribution >= 0.6 is 0 Å². The summed E-state index contributed by atoms with van der Waals surface area (Å²) in [7, 11) is 0. The van der Waals surface area contributed by atoms with E-state index in [0.717, 1.165) is 11.1 Å². The minimum atomic E-state index is -5.01. The molecule has 0 spiro atoms. The van der Waals surface area contributed by atoms with E-state index in [1.807, 2.05) is 6.07 Å². The largest absolute Gasteiger partial charge is 1.00 e. The molecule has 0 aliphatic rings. The fourth-order valence-corrected chi connectivity index (χ4v) is 1.29. The van der Waals surface area contributed by atoms with Gasteiger partial charge in [-0.05, 0) is 25.0 Å². The maximum absolute atomic E-state index is 12.2. The number of benzene rings is 1. The summed E-state index contributed by atoms with van der Waals surface area (Å²) in [4.78, 5) is 0. The van der Waals surface area contributed by atoms with Crippen molar-refractivity contribution in [2.75, 3.05) is 6.61 Å². The Morgan fingerprint density at radius 2 is 1.71 bits per heavy atom. The van der Waals surface area contributed by atoms with Crippen LogP contribution in [0.2, 0.25) is 0 Å². The van der Waals surface area contributed by atoms with Gasteiger partial charge < -0.3 is 17.7 Å². The zero-order chi connectivity index (χ0) is 12.3. The standard InChI is InChI=1S/C11H13BF3O.K/c1-8-5-4-6-9(2)11(8)16-7-10(3)12(13,14)15;/h4-6H,3,7H2,1-2H3;/q-1;+1. The Kier molecular flexibility index (Phi) is 7.10. The normalized spacial score (nSPS) is 10.6. The molecular formula is C11H13BF3KO. The van der Waals surface area contributed by atoms with Crippen molar-refractivity contribution < 1.29 is 69.1 Å². The number of halogens is 3. The van der Waals surface area contributed by atoms with Crippen molar-refractivity contribution >= 4 is 6.98 Å². The Hall–Kier alpha value is 0.251. The topological polar surface area (TPSA) is 9.23 Å². The summed E-state index contributed by atoms with van der Waals surface area (Å²) in [6.07, 6.45) is 0. The first-order chi connectivity index (χ1) is 7.32. The summed E-state index contributed by atoms with van der Waals surface area (Å²) < 4.78 is 41.9. The summed E-state index contributed by atoms with van der Waals surface area (Å²) in [5.74, 6) is 0.503. The molecule has 0 aliphatic heterocycles. The van der Waals surface area contributed by atoms with Crippen molar-refractivity contribution in [2.45, 2.75) is 13.8 Å². The zero-order valence-corrected chi connectivity index (χ0v) is 13.4. The Labute approximate surface area is 142 Å². The predicted octanol–water partition coefficient (Wildman–Crippen LogP) is 0.629. The Morgan fingerprint density at radius 1 is 1.24 bits per heavy atom. The third-order valence-corrected chi connectivity index (χ3v) is 2.27. The molecule has 0 aromatic heterocycles. The van der Waals surface area contributed by atoms with Crippen LogP contribution in [0, 0.1) is 13.8 Å². The SMILES string of the molecule is C=C(COc1c(C)cccc1C)[B-](F)(F)F.[K+]. The van der Waals surface area contributed by atoms with Crippen molar-refractivity contribution in [3.05, 3.63) is 41.4 Å². The van der Waals surface area contributed by atoms with Gasteiger partial charge in [-0.3, -0.25) is 0 Å². The Balaban J connectivity index is 0.00000256. The van der Waals surface area contributed by atoms with Crippen molar-refractivity contribution in [2.24, 2.45) is 0 Å². The molecule has 0 N–H and O–H groups in total. The van der Waals surface area contributed by atoms with E-state index < -0.39 is 19.1 Å².